The number of hydrogen-bond donors (Lipinski definition) is 3. The summed E-state index contributed by atoms with van der Waals surface area (Å²) >= 11 is 0. The van der Waals surface area contributed by atoms with Gasteiger partial charge in [-0.25, -0.2) is 4.52 Å². The maximum Gasteiger partial charge on any atom is 0.255 e. The molecule has 0 aromatic carbocycles. The Morgan fingerprint density at radius 3 is 3.00 bits per heavy atom. The fourth-order valence-corrected chi connectivity index (χ4v) is 1.39. The molecule has 8 heteroatoms. The van der Waals surface area contributed by atoms with Crippen LogP contribution in [0, 0.1) is 0 Å². The first-order valence-corrected chi connectivity index (χ1v) is 5.12. The number of rotatable bonds is 4. The molecule has 8 nitrogen and oxygen atoms in total. The molecule has 18 heavy (non-hydrogen) atoms. The van der Waals surface area contributed by atoms with Gasteiger partial charge in [-0.2, -0.15) is 5.10 Å². The van der Waals surface area contributed by atoms with E-state index < -0.39 is 17.9 Å². The first-order chi connectivity index (χ1) is 8.59. The van der Waals surface area contributed by atoms with E-state index in [2.05, 4.69) is 15.4 Å². The Labute approximate surface area is 101 Å². The minimum Gasteiger partial charge on any atom is -0.381 e. The van der Waals surface area contributed by atoms with Crippen LogP contribution in [-0.2, 0) is 4.79 Å². The Morgan fingerprint density at radius 2 is 2.28 bits per heavy atom. The van der Waals surface area contributed by atoms with Gasteiger partial charge in [0, 0.05) is 12.4 Å². The molecule has 94 valence electrons. The summed E-state index contributed by atoms with van der Waals surface area (Å²) in [6.07, 6.45) is 4.60. The van der Waals surface area contributed by atoms with Gasteiger partial charge in [0.15, 0.2) is 0 Å². The van der Waals surface area contributed by atoms with Crippen LogP contribution in [-0.4, -0.2) is 44.2 Å². The maximum atomic E-state index is 11.8. The number of fused-ring (bicyclic) bond motifs is 1. The summed E-state index contributed by atoms with van der Waals surface area (Å²) in [5.74, 6) is -1.35. The Kier molecular flexibility index (Phi) is 3.20. The molecule has 1 unspecified atom stereocenters. The molecule has 0 bridgehead atoms. The molecular formula is C10H11N5O3. The van der Waals surface area contributed by atoms with Crippen molar-refractivity contribution in [3.8, 4) is 0 Å². The highest BCUT2D eigenvalue weighted by atomic mass is 16.3. The SMILES string of the molecule is NC(=O)C(O)CNC(=O)c1cnn2ccncc12. The number of carbonyl (C=O) groups excluding carboxylic acids is 2. The fourth-order valence-electron chi connectivity index (χ4n) is 1.39. The van der Waals surface area contributed by atoms with Crippen LogP contribution in [0.5, 0.6) is 0 Å². The van der Waals surface area contributed by atoms with Gasteiger partial charge in [0.25, 0.3) is 5.91 Å². The average molecular weight is 249 g/mol. The predicted molar refractivity (Wildman–Crippen MR) is 60.5 cm³/mol. The van der Waals surface area contributed by atoms with E-state index in [4.69, 9.17) is 10.8 Å². The van der Waals surface area contributed by atoms with E-state index in [-0.39, 0.29) is 6.54 Å². The molecular weight excluding hydrogens is 238 g/mol. The zero-order valence-corrected chi connectivity index (χ0v) is 9.28. The lowest BCUT2D eigenvalue weighted by Gasteiger charge is -2.07. The van der Waals surface area contributed by atoms with Crippen LogP contribution in [0.4, 0.5) is 0 Å². The van der Waals surface area contributed by atoms with Gasteiger partial charge in [0.2, 0.25) is 5.91 Å². The Hall–Kier alpha value is -2.48. The van der Waals surface area contributed by atoms with Gasteiger partial charge in [0.1, 0.15) is 6.10 Å². The number of aliphatic hydroxyl groups is 1. The van der Waals surface area contributed by atoms with Gasteiger partial charge in [-0.05, 0) is 0 Å². The number of nitrogens with two attached hydrogens (primary N) is 1. The van der Waals surface area contributed by atoms with Crippen molar-refractivity contribution in [2.45, 2.75) is 6.10 Å². The van der Waals surface area contributed by atoms with Gasteiger partial charge in [0.05, 0.1) is 30.0 Å². The van der Waals surface area contributed by atoms with Gasteiger partial charge in [-0.1, -0.05) is 0 Å². The van der Waals surface area contributed by atoms with Crippen molar-refractivity contribution < 1.29 is 14.7 Å². The molecule has 0 aliphatic heterocycles. The minimum atomic E-state index is -1.41. The second-order valence-electron chi connectivity index (χ2n) is 3.59. The lowest BCUT2D eigenvalue weighted by molar-refractivity contribution is -0.125. The highest BCUT2D eigenvalue weighted by molar-refractivity contribution is 6.00. The van der Waals surface area contributed by atoms with Gasteiger partial charge < -0.3 is 16.2 Å². The highest BCUT2D eigenvalue weighted by Crippen LogP contribution is 2.07. The predicted octanol–water partition coefficient (Wildman–Crippen LogP) is -1.69. The number of amides is 2. The average Bonchev–Trinajstić information content (AvgIpc) is 2.79. The zero-order valence-electron chi connectivity index (χ0n) is 9.28. The second kappa shape index (κ2) is 4.80. The van der Waals surface area contributed by atoms with Crippen molar-refractivity contribution in [1.82, 2.24) is 19.9 Å². The fraction of sp³-hybridized carbons (Fsp3) is 0.200. The summed E-state index contributed by atoms with van der Waals surface area (Å²) in [5, 5.41) is 15.5. The van der Waals surface area contributed by atoms with E-state index in [1.165, 1.54) is 16.9 Å². The van der Waals surface area contributed by atoms with E-state index in [9.17, 15) is 9.59 Å². The van der Waals surface area contributed by atoms with Crippen LogP contribution < -0.4 is 11.1 Å². The molecule has 2 aromatic rings. The molecule has 2 heterocycles. The van der Waals surface area contributed by atoms with Crippen LogP contribution in [0.1, 0.15) is 10.4 Å². The molecule has 0 spiro atoms. The number of aliphatic hydroxyl groups excluding tert-OH is 1. The quantitative estimate of drug-likeness (QED) is 0.596. The van der Waals surface area contributed by atoms with Gasteiger partial charge >= 0.3 is 0 Å². The number of carbonyl (C=O) groups is 2. The molecule has 2 amide bonds. The van der Waals surface area contributed by atoms with E-state index in [0.29, 0.717) is 11.1 Å². The van der Waals surface area contributed by atoms with E-state index >= 15 is 0 Å². The standard InChI is InChI=1S/C10H11N5O3/c11-9(17)8(16)5-13-10(18)6-3-14-15-2-1-12-4-7(6)15/h1-4,8,16H,5H2,(H2,11,17)(H,13,18). The van der Waals surface area contributed by atoms with Crippen LogP contribution >= 0.6 is 0 Å². The Morgan fingerprint density at radius 1 is 1.50 bits per heavy atom. The van der Waals surface area contributed by atoms with Crippen molar-refractivity contribution in [2.24, 2.45) is 5.73 Å². The summed E-state index contributed by atoms with van der Waals surface area (Å²) in [7, 11) is 0. The lowest BCUT2D eigenvalue weighted by atomic mass is 10.2. The molecule has 0 aliphatic rings. The third-order valence-electron chi connectivity index (χ3n) is 2.35. The first kappa shape index (κ1) is 12.0. The molecule has 2 aromatic heterocycles. The topological polar surface area (TPSA) is 123 Å². The third-order valence-corrected chi connectivity index (χ3v) is 2.35. The highest BCUT2D eigenvalue weighted by Gasteiger charge is 2.16. The Bertz CT molecular complexity index is 594. The molecule has 1 atom stereocenters. The van der Waals surface area contributed by atoms with Gasteiger partial charge in [-0.3, -0.25) is 14.6 Å². The Balaban J connectivity index is 2.12. The summed E-state index contributed by atoms with van der Waals surface area (Å²) in [6.45, 7) is -0.244. The number of hydrogen-bond acceptors (Lipinski definition) is 5. The molecule has 0 saturated heterocycles. The second-order valence-corrected chi connectivity index (χ2v) is 3.59. The van der Waals surface area contributed by atoms with Crippen LogP contribution in [0.15, 0.2) is 24.8 Å². The van der Waals surface area contributed by atoms with Crippen LogP contribution in [0.25, 0.3) is 5.52 Å². The van der Waals surface area contributed by atoms with Gasteiger partial charge in [-0.15, -0.1) is 0 Å². The molecule has 0 fully saturated rings. The molecule has 0 aliphatic carbocycles. The largest absolute Gasteiger partial charge is 0.381 e. The van der Waals surface area contributed by atoms with Crippen molar-refractivity contribution >= 4 is 17.3 Å². The summed E-state index contributed by atoms with van der Waals surface area (Å²) in [6, 6.07) is 0. The van der Waals surface area contributed by atoms with E-state index in [1.54, 1.807) is 12.4 Å². The van der Waals surface area contributed by atoms with Crippen LogP contribution in [0.2, 0.25) is 0 Å². The maximum absolute atomic E-state index is 11.8. The van der Waals surface area contributed by atoms with Crippen molar-refractivity contribution in [2.75, 3.05) is 6.54 Å². The van der Waals surface area contributed by atoms with Crippen LogP contribution in [0.3, 0.4) is 0 Å². The summed E-state index contributed by atoms with van der Waals surface area (Å²) in [5.41, 5.74) is 5.70. The number of nitrogens with one attached hydrogen (secondary N) is 1. The van der Waals surface area contributed by atoms with E-state index in [0.717, 1.165) is 0 Å². The molecule has 0 saturated carbocycles. The molecule has 4 N–H and O–H groups in total. The first-order valence-electron chi connectivity index (χ1n) is 5.12. The monoisotopic (exact) mass is 249 g/mol. The van der Waals surface area contributed by atoms with Crippen molar-refractivity contribution in [3.05, 3.63) is 30.4 Å². The minimum absolute atomic E-state index is 0.244. The van der Waals surface area contributed by atoms with Crippen molar-refractivity contribution in [1.29, 1.82) is 0 Å². The third kappa shape index (κ3) is 2.28. The van der Waals surface area contributed by atoms with E-state index in [1.807, 2.05) is 0 Å². The lowest BCUT2D eigenvalue weighted by Crippen LogP contribution is -2.39. The van der Waals surface area contributed by atoms with Crippen molar-refractivity contribution in [3.63, 3.8) is 0 Å². The molecule has 0 radical (unpaired) electrons. The number of aromatic nitrogens is 3. The molecule has 2 rings (SSSR count). The summed E-state index contributed by atoms with van der Waals surface area (Å²) in [4.78, 5) is 26.3. The summed E-state index contributed by atoms with van der Waals surface area (Å²) < 4.78 is 1.49. The number of primary amides is 1. The smallest absolute Gasteiger partial charge is 0.255 e. The normalized spacial score (nSPS) is 12.3. The number of nitrogens with zero attached hydrogens (tertiary/aromatic N) is 3. The zero-order chi connectivity index (χ0) is 13.1.